The number of ether oxygens (including phenoxy) is 2. The van der Waals surface area contributed by atoms with Crippen molar-refractivity contribution in [3.05, 3.63) is 16.1 Å². The van der Waals surface area contributed by atoms with E-state index in [0.717, 1.165) is 37.9 Å². The molecule has 8 heteroatoms. The smallest absolute Gasteiger partial charge is 0.307 e. The van der Waals surface area contributed by atoms with Crippen molar-refractivity contribution < 1.29 is 19.1 Å². The molecule has 1 aliphatic rings. The molecule has 0 atom stereocenters. The summed E-state index contributed by atoms with van der Waals surface area (Å²) in [4.78, 5) is 31.8. The number of carbonyl (C=O) groups excluding carboxylic acids is 2. The van der Waals surface area contributed by atoms with Gasteiger partial charge in [0.1, 0.15) is 10.7 Å². The van der Waals surface area contributed by atoms with Crippen LogP contribution in [0.2, 0.25) is 0 Å². The molecule has 0 saturated carbocycles. The first-order valence-corrected chi connectivity index (χ1v) is 8.63. The van der Waals surface area contributed by atoms with Crippen molar-refractivity contribution in [2.45, 2.75) is 19.9 Å². The maximum atomic E-state index is 12.3. The van der Waals surface area contributed by atoms with Crippen LogP contribution in [0.25, 0.3) is 0 Å². The molecule has 0 radical (unpaired) electrons. The highest BCUT2D eigenvalue weighted by atomic mass is 32.1. The zero-order valence-electron chi connectivity index (χ0n) is 13.6. The van der Waals surface area contributed by atoms with Gasteiger partial charge in [0, 0.05) is 32.1 Å². The SMILES string of the molecule is CCOC(=O)CCN(C)C(=O)c1csc(CN2CCOCC2)n1. The van der Waals surface area contributed by atoms with E-state index in [0.29, 0.717) is 18.8 Å². The summed E-state index contributed by atoms with van der Waals surface area (Å²) < 4.78 is 10.2. The number of carbonyl (C=O) groups is 2. The molecule has 7 nitrogen and oxygen atoms in total. The lowest BCUT2D eigenvalue weighted by Gasteiger charge is -2.25. The van der Waals surface area contributed by atoms with Gasteiger partial charge in [0.05, 0.1) is 32.8 Å². The molecule has 1 fully saturated rings. The summed E-state index contributed by atoms with van der Waals surface area (Å²) in [5.41, 5.74) is 0.435. The fraction of sp³-hybridized carbons (Fsp3) is 0.667. The molecular weight excluding hydrogens is 318 g/mol. The third-order valence-electron chi connectivity index (χ3n) is 3.54. The van der Waals surface area contributed by atoms with Crippen LogP contribution in [0.4, 0.5) is 0 Å². The molecule has 0 unspecified atom stereocenters. The predicted molar refractivity (Wildman–Crippen MR) is 86.4 cm³/mol. The number of amides is 1. The van der Waals surface area contributed by atoms with Gasteiger partial charge in [0.25, 0.3) is 5.91 Å². The fourth-order valence-corrected chi connectivity index (χ4v) is 3.03. The largest absolute Gasteiger partial charge is 0.466 e. The van der Waals surface area contributed by atoms with Crippen molar-refractivity contribution in [1.29, 1.82) is 0 Å². The van der Waals surface area contributed by atoms with E-state index < -0.39 is 0 Å². The Morgan fingerprint density at radius 2 is 2.17 bits per heavy atom. The summed E-state index contributed by atoms with van der Waals surface area (Å²) in [5.74, 6) is -0.461. The zero-order chi connectivity index (χ0) is 16.7. The van der Waals surface area contributed by atoms with E-state index in [1.807, 2.05) is 0 Å². The standard InChI is InChI=1S/C15H23N3O4S/c1-3-22-14(19)4-5-17(2)15(20)12-11-23-13(16-12)10-18-6-8-21-9-7-18/h11H,3-10H2,1-2H3. The zero-order valence-corrected chi connectivity index (χ0v) is 14.4. The monoisotopic (exact) mass is 341 g/mol. The minimum Gasteiger partial charge on any atom is -0.466 e. The quantitative estimate of drug-likeness (QED) is 0.689. The Hall–Kier alpha value is -1.51. The number of hydrogen-bond acceptors (Lipinski definition) is 7. The lowest BCUT2D eigenvalue weighted by Crippen LogP contribution is -2.35. The Labute approximate surface area is 140 Å². The van der Waals surface area contributed by atoms with Crippen LogP contribution < -0.4 is 0 Å². The second-order valence-corrected chi connectivity index (χ2v) is 6.24. The molecule has 2 rings (SSSR count). The third-order valence-corrected chi connectivity index (χ3v) is 4.37. The van der Waals surface area contributed by atoms with Crippen LogP contribution in [0.5, 0.6) is 0 Å². The first-order chi connectivity index (χ1) is 11.1. The molecule has 1 aliphatic heterocycles. The summed E-state index contributed by atoms with van der Waals surface area (Å²) in [6.07, 6.45) is 0.195. The van der Waals surface area contributed by atoms with Crippen molar-refractivity contribution >= 4 is 23.2 Å². The van der Waals surface area contributed by atoms with E-state index in [4.69, 9.17) is 9.47 Å². The summed E-state index contributed by atoms with van der Waals surface area (Å²) in [5, 5.41) is 2.70. The van der Waals surface area contributed by atoms with Gasteiger partial charge in [-0.3, -0.25) is 14.5 Å². The lowest BCUT2D eigenvalue weighted by molar-refractivity contribution is -0.143. The van der Waals surface area contributed by atoms with E-state index in [1.54, 1.807) is 19.4 Å². The predicted octanol–water partition coefficient (Wildman–Crippen LogP) is 1.00. The normalized spacial score (nSPS) is 15.4. The molecule has 1 aromatic heterocycles. The van der Waals surface area contributed by atoms with Crippen LogP contribution in [0.15, 0.2) is 5.38 Å². The van der Waals surface area contributed by atoms with Gasteiger partial charge in [-0.2, -0.15) is 0 Å². The van der Waals surface area contributed by atoms with E-state index >= 15 is 0 Å². The maximum absolute atomic E-state index is 12.3. The number of morpholine rings is 1. The molecule has 1 saturated heterocycles. The molecule has 0 aliphatic carbocycles. The van der Waals surface area contributed by atoms with Gasteiger partial charge in [0.15, 0.2) is 0 Å². The first-order valence-electron chi connectivity index (χ1n) is 7.75. The molecule has 128 valence electrons. The van der Waals surface area contributed by atoms with E-state index in [2.05, 4.69) is 9.88 Å². The topological polar surface area (TPSA) is 72.0 Å². The summed E-state index contributed by atoms with van der Waals surface area (Å²) in [6.45, 7) is 6.46. The molecule has 0 aromatic carbocycles. The Balaban J connectivity index is 1.83. The highest BCUT2D eigenvalue weighted by Gasteiger charge is 2.18. The average molecular weight is 341 g/mol. The summed E-state index contributed by atoms with van der Waals surface area (Å²) >= 11 is 1.49. The van der Waals surface area contributed by atoms with Crippen LogP contribution in [0.1, 0.15) is 28.8 Å². The first kappa shape index (κ1) is 17.8. The number of aromatic nitrogens is 1. The average Bonchev–Trinajstić information content (AvgIpc) is 3.01. The molecule has 1 amide bonds. The summed E-state index contributed by atoms with van der Waals surface area (Å²) in [6, 6.07) is 0. The van der Waals surface area contributed by atoms with E-state index in [1.165, 1.54) is 16.2 Å². The minimum atomic E-state index is -0.293. The van der Waals surface area contributed by atoms with Gasteiger partial charge in [-0.1, -0.05) is 0 Å². The van der Waals surface area contributed by atoms with Gasteiger partial charge in [0.2, 0.25) is 0 Å². The minimum absolute atomic E-state index is 0.168. The molecule has 2 heterocycles. The van der Waals surface area contributed by atoms with Gasteiger partial charge >= 0.3 is 5.97 Å². The van der Waals surface area contributed by atoms with Crippen molar-refractivity contribution in [2.75, 3.05) is 46.5 Å². The van der Waals surface area contributed by atoms with Gasteiger partial charge in [-0.05, 0) is 6.92 Å². The second-order valence-electron chi connectivity index (χ2n) is 5.30. The van der Waals surface area contributed by atoms with Crippen LogP contribution in [-0.2, 0) is 20.8 Å². The van der Waals surface area contributed by atoms with Crippen molar-refractivity contribution in [3.63, 3.8) is 0 Å². The molecule has 23 heavy (non-hydrogen) atoms. The number of hydrogen-bond donors (Lipinski definition) is 0. The molecule has 0 spiro atoms. The Kier molecular flexibility index (Phi) is 6.94. The van der Waals surface area contributed by atoms with Crippen molar-refractivity contribution in [2.24, 2.45) is 0 Å². The van der Waals surface area contributed by atoms with Gasteiger partial charge in [-0.15, -0.1) is 11.3 Å². The molecule has 0 bridgehead atoms. The van der Waals surface area contributed by atoms with Crippen LogP contribution in [-0.4, -0.2) is 73.2 Å². The van der Waals surface area contributed by atoms with Crippen molar-refractivity contribution in [1.82, 2.24) is 14.8 Å². The molecular formula is C15H23N3O4S. The van der Waals surface area contributed by atoms with Crippen LogP contribution in [0, 0.1) is 0 Å². The Bertz CT molecular complexity index is 529. The second kappa shape index (κ2) is 8.95. The van der Waals surface area contributed by atoms with E-state index in [9.17, 15) is 9.59 Å². The molecule has 1 aromatic rings. The van der Waals surface area contributed by atoms with E-state index in [-0.39, 0.29) is 18.3 Å². The number of esters is 1. The van der Waals surface area contributed by atoms with Gasteiger partial charge in [-0.25, -0.2) is 4.98 Å². The summed E-state index contributed by atoms with van der Waals surface area (Å²) in [7, 11) is 1.67. The fourth-order valence-electron chi connectivity index (χ4n) is 2.22. The molecule has 0 N–H and O–H groups in total. The van der Waals surface area contributed by atoms with Crippen LogP contribution >= 0.6 is 11.3 Å². The number of nitrogens with zero attached hydrogens (tertiary/aromatic N) is 3. The highest BCUT2D eigenvalue weighted by molar-refractivity contribution is 7.09. The number of thiazole rings is 1. The third kappa shape index (κ3) is 5.56. The van der Waals surface area contributed by atoms with Crippen LogP contribution in [0.3, 0.4) is 0 Å². The Morgan fingerprint density at radius 1 is 1.43 bits per heavy atom. The lowest BCUT2D eigenvalue weighted by atomic mass is 10.3. The van der Waals surface area contributed by atoms with Crippen molar-refractivity contribution in [3.8, 4) is 0 Å². The maximum Gasteiger partial charge on any atom is 0.307 e. The highest BCUT2D eigenvalue weighted by Crippen LogP contribution is 2.14. The van der Waals surface area contributed by atoms with Gasteiger partial charge < -0.3 is 14.4 Å². The Morgan fingerprint density at radius 3 is 2.87 bits per heavy atom. The number of rotatable bonds is 7.